The van der Waals surface area contributed by atoms with Crippen molar-refractivity contribution in [2.45, 2.75) is 19.6 Å². The number of halogens is 3. The van der Waals surface area contributed by atoms with Crippen LogP contribution in [0.2, 0.25) is 0 Å². The second kappa shape index (κ2) is 8.20. The van der Waals surface area contributed by atoms with E-state index in [0.29, 0.717) is 29.5 Å². The molecule has 6 nitrogen and oxygen atoms in total. The van der Waals surface area contributed by atoms with Gasteiger partial charge in [-0.15, -0.1) is 0 Å². The van der Waals surface area contributed by atoms with E-state index in [1.807, 2.05) is 12.1 Å². The van der Waals surface area contributed by atoms with Gasteiger partial charge in [-0.1, -0.05) is 17.3 Å². The maximum Gasteiger partial charge on any atom is 0.416 e. The minimum atomic E-state index is -4.46. The average molecular weight is 393 g/mol. The van der Waals surface area contributed by atoms with Crippen molar-refractivity contribution in [2.24, 2.45) is 0 Å². The van der Waals surface area contributed by atoms with Crippen molar-refractivity contribution in [1.82, 2.24) is 10.1 Å². The van der Waals surface area contributed by atoms with E-state index in [9.17, 15) is 13.2 Å². The van der Waals surface area contributed by atoms with Crippen molar-refractivity contribution >= 4 is 5.69 Å². The first-order valence-electron chi connectivity index (χ1n) is 8.46. The van der Waals surface area contributed by atoms with E-state index in [0.717, 1.165) is 12.1 Å². The summed E-state index contributed by atoms with van der Waals surface area (Å²) in [4.78, 5) is 4.27. The van der Waals surface area contributed by atoms with Gasteiger partial charge < -0.3 is 19.3 Å². The first-order chi connectivity index (χ1) is 13.4. The molecule has 1 N–H and O–H groups in total. The lowest BCUT2D eigenvalue weighted by Crippen LogP contribution is -2.08. The van der Waals surface area contributed by atoms with Gasteiger partial charge in [-0.05, 0) is 37.3 Å². The van der Waals surface area contributed by atoms with Gasteiger partial charge in [0.2, 0.25) is 11.7 Å². The highest BCUT2D eigenvalue weighted by atomic mass is 19.4. The zero-order chi connectivity index (χ0) is 20.1. The fraction of sp³-hybridized carbons (Fsp3) is 0.263. The second-order valence-electron chi connectivity index (χ2n) is 5.71. The van der Waals surface area contributed by atoms with Crippen LogP contribution >= 0.6 is 0 Å². The molecule has 28 heavy (non-hydrogen) atoms. The molecule has 0 aliphatic rings. The van der Waals surface area contributed by atoms with Crippen LogP contribution < -0.4 is 14.8 Å². The van der Waals surface area contributed by atoms with E-state index in [-0.39, 0.29) is 18.1 Å². The van der Waals surface area contributed by atoms with Gasteiger partial charge in [-0.25, -0.2) is 0 Å². The zero-order valence-electron chi connectivity index (χ0n) is 15.2. The van der Waals surface area contributed by atoms with Gasteiger partial charge in [-0.2, -0.15) is 18.2 Å². The van der Waals surface area contributed by atoms with E-state index >= 15 is 0 Å². The number of rotatable bonds is 7. The van der Waals surface area contributed by atoms with Gasteiger partial charge in [0, 0.05) is 0 Å². The molecule has 0 amide bonds. The third-order valence-electron chi connectivity index (χ3n) is 3.85. The van der Waals surface area contributed by atoms with E-state index < -0.39 is 11.7 Å². The fourth-order valence-electron chi connectivity index (χ4n) is 2.56. The molecular formula is C19H18F3N3O3. The highest BCUT2D eigenvalue weighted by Gasteiger charge is 2.31. The fourth-order valence-corrected chi connectivity index (χ4v) is 2.56. The summed E-state index contributed by atoms with van der Waals surface area (Å²) in [5.74, 6) is 1.42. The van der Waals surface area contributed by atoms with Crippen LogP contribution in [0.25, 0.3) is 11.4 Å². The number of aromatic nitrogens is 2. The smallest absolute Gasteiger partial charge is 0.416 e. The lowest BCUT2D eigenvalue weighted by Gasteiger charge is -2.14. The molecule has 0 atom stereocenters. The number of para-hydroxylation sites is 1. The summed E-state index contributed by atoms with van der Waals surface area (Å²) in [7, 11) is 1.53. The SMILES string of the molecule is CCOc1ccc(C(F)(F)F)cc1NCc1nc(-c2ccccc2OC)no1. The first-order valence-corrected chi connectivity index (χ1v) is 8.46. The van der Waals surface area contributed by atoms with E-state index in [1.54, 1.807) is 19.1 Å². The number of hydrogen-bond donors (Lipinski definition) is 1. The Balaban J connectivity index is 1.80. The molecule has 0 radical (unpaired) electrons. The van der Waals surface area contributed by atoms with Crippen molar-refractivity contribution in [3.63, 3.8) is 0 Å². The molecule has 0 aliphatic heterocycles. The minimum Gasteiger partial charge on any atom is -0.496 e. The van der Waals surface area contributed by atoms with Crippen LogP contribution in [-0.2, 0) is 12.7 Å². The number of alkyl halides is 3. The molecule has 0 unspecified atom stereocenters. The maximum atomic E-state index is 13.0. The van der Waals surface area contributed by atoms with Gasteiger partial charge in [0.15, 0.2) is 0 Å². The summed E-state index contributed by atoms with van der Waals surface area (Å²) in [5.41, 5.74) is 0.0569. The summed E-state index contributed by atoms with van der Waals surface area (Å²) in [6.07, 6.45) is -4.46. The quantitative estimate of drug-likeness (QED) is 0.623. The molecule has 148 valence electrons. The topological polar surface area (TPSA) is 69.4 Å². The molecule has 0 saturated carbocycles. The number of hydrogen-bond acceptors (Lipinski definition) is 6. The van der Waals surface area contributed by atoms with E-state index in [1.165, 1.54) is 13.2 Å². The lowest BCUT2D eigenvalue weighted by molar-refractivity contribution is -0.137. The van der Waals surface area contributed by atoms with Crippen LogP contribution in [0.15, 0.2) is 47.0 Å². The largest absolute Gasteiger partial charge is 0.496 e. The molecule has 0 aliphatic carbocycles. The predicted molar refractivity (Wildman–Crippen MR) is 96.2 cm³/mol. The minimum absolute atomic E-state index is 0.0313. The average Bonchev–Trinajstić information content (AvgIpc) is 3.15. The zero-order valence-corrected chi connectivity index (χ0v) is 15.2. The monoisotopic (exact) mass is 393 g/mol. The van der Waals surface area contributed by atoms with Crippen LogP contribution in [0, 0.1) is 0 Å². The lowest BCUT2D eigenvalue weighted by atomic mass is 10.1. The molecule has 0 spiro atoms. The van der Waals surface area contributed by atoms with Crippen molar-refractivity contribution < 1.29 is 27.2 Å². The Morgan fingerprint density at radius 2 is 1.89 bits per heavy atom. The number of nitrogens with one attached hydrogen (secondary N) is 1. The van der Waals surface area contributed by atoms with Crippen molar-refractivity contribution in [3.05, 3.63) is 53.9 Å². The highest BCUT2D eigenvalue weighted by Crippen LogP contribution is 2.35. The van der Waals surface area contributed by atoms with Gasteiger partial charge in [0.05, 0.1) is 37.1 Å². The molecule has 3 aromatic rings. The van der Waals surface area contributed by atoms with Crippen LogP contribution in [0.3, 0.4) is 0 Å². The number of benzene rings is 2. The van der Waals surface area contributed by atoms with Crippen LogP contribution in [0.4, 0.5) is 18.9 Å². The standard InChI is InChI=1S/C19H18F3N3O3/c1-3-27-16-9-8-12(19(20,21)22)10-14(16)23-11-17-24-18(25-28-17)13-6-4-5-7-15(13)26-2/h4-10,23H,3,11H2,1-2H3. The third-order valence-corrected chi connectivity index (χ3v) is 3.85. The summed E-state index contributed by atoms with van der Waals surface area (Å²) >= 11 is 0. The van der Waals surface area contributed by atoms with Crippen LogP contribution in [0.1, 0.15) is 18.4 Å². The summed E-state index contributed by atoms with van der Waals surface area (Å²) in [5, 5.41) is 6.77. The van der Waals surface area contributed by atoms with Crippen molar-refractivity contribution in [3.8, 4) is 22.9 Å². The Morgan fingerprint density at radius 3 is 2.61 bits per heavy atom. The summed E-state index contributed by atoms with van der Waals surface area (Å²) < 4.78 is 54.8. The Hall–Kier alpha value is -3.23. The molecule has 0 fully saturated rings. The van der Waals surface area contributed by atoms with Gasteiger partial charge >= 0.3 is 6.18 Å². The molecule has 3 rings (SSSR count). The Labute approximate surface area is 159 Å². The first kappa shape index (κ1) is 19.5. The maximum absolute atomic E-state index is 13.0. The molecule has 2 aromatic carbocycles. The molecular weight excluding hydrogens is 375 g/mol. The second-order valence-corrected chi connectivity index (χ2v) is 5.71. The number of nitrogens with zero attached hydrogens (tertiary/aromatic N) is 2. The Kier molecular flexibility index (Phi) is 5.72. The predicted octanol–water partition coefficient (Wildman–Crippen LogP) is 4.77. The number of methoxy groups -OCH3 is 1. The van der Waals surface area contributed by atoms with Gasteiger partial charge in [0.1, 0.15) is 11.5 Å². The van der Waals surface area contributed by atoms with Crippen molar-refractivity contribution in [1.29, 1.82) is 0 Å². The van der Waals surface area contributed by atoms with E-state index in [4.69, 9.17) is 14.0 Å². The number of anilines is 1. The number of ether oxygens (including phenoxy) is 2. The van der Waals surface area contributed by atoms with Crippen LogP contribution in [-0.4, -0.2) is 23.9 Å². The van der Waals surface area contributed by atoms with Crippen molar-refractivity contribution in [2.75, 3.05) is 19.0 Å². The molecule has 0 bridgehead atoms. The molecule has 1 aromatic heterocycles. The normalized spacial score (nSPS) is 11.3. The molecule has 0 saturated heterocycles. The summed E-state index contributed by atoms with van der Waals surface area (Å²) in [6, 6.07) is 10.4. The molecule has 9 heteroatoms. The summed E-state index contributed by atoms with van der Waals surface area (Å²) in [6.45, 7) is 2.10. The third kappa shape index (κ3) is 4.36. The van der Waals surface area contributed by atoms with E-state index in [2.05, 4.69) is 15.5 Å². The van der Waals surface area contributed by atoms with Crippen LogP contribution in [0.5, 0.6) is 11.5 Å². The highest BCUT2D eigenvalue weighted by molar-refractivity contribution is 5.63. The Morgan fingerprint density at radius 1 is 1.11 bits per heavy atom. The Bertz CT molecular complexity index is 941. The van der Waals surface area contributed by atoms with Gasteiger partial charge in [0.25, 0.3) is 0 Å². The molecule has 1 heterocycles. The van der Waals surface area contributed by atoms with Gasteiger partial charge in [-0.3, -0.25) is 0 Å².